The number of esters is 8. The molecule has 18 heteroatoms. The van der Waals surface area contributed by atoms with E-state index in [-0.39, 0.29) is 38.5 Å². The van der Waals surface area contributed by atoms with Crippen LogP contribution in [0.2, 0.25) is 0 Å². The molecule has 0 aliphatic carbocycles. The van der Waals surface area contributed by atoms with E-state index >= 15 is 0 Å². The Morgan fingerprint density at radius 2 is 0.643 bits per heavy atom. The van der Waals surface area contributed by atoms with Crippen molar-refractivity contribution >= 4 is 47.8 Å². The van der Waals surface area contributed by atoms with Crippen molar-refractivity contribution in [2.45, 2.75) is 168 Å². The molecule has 0 aromatic heterocycles. The Kier molecular flexibility index (Phi) is 21.7. The van der Waals surface area contributed by atoms with Gasteiger partial charge in [0.05, 0.1) is 13.2 Å². The average Bonchev–Trinajstić information content (AvgIpc) is 3.12. The first-order chi connectivity index (χ1) is 26.8. The van der Waals surface area contributed by atoms with E-state index in [4.69, 9.17) is 47.4 Å². The summed E-state index contributed by atoms with van der Waals surface area (Å²) in [4.78, 5) is 101. The van der Waals surface area contributed by atoms with E-state index in [9.17, 15) is 38.4 Å². The molecular weight excluding hydrogens is 744 g/mol. The molecule has 0 aromatic carbocycles. The molecule has 0 spiro atoms. The monoisotopic (exact) mass is 800 g/mol. The molecule has 0 radical (unpaired) electrons. The molecule has 316 valence electrons. The number of carbonyl (C=O) groups is 8. The number of carbonyl (C=O) groups excluding carboxylic acids is 8. The third-order valence-electron chi connectivity index (χ3n) is 7.95. The van der Waals surface area contributed by atoms with Gasteiger partial charge in [0.2, 0.25) is 24.8 Å². The van der Waals surface area contributed by atoms with Gasteiger partial charge >= 0.3 is 47.8 Å². The summed E-state index contributed by atoms with van der Waals surface area (Å²) in [5, 5.41) is 0. The first-order valence-electron chi connectivity index (χ1n) is 19.3. The van der Waals surface area contributed by atoms with Crippen molar-refractivity contribution in [2.24, 2.45) is 0 Å². The van der Waals surface area contributed by atoms with Gasteiger partial charge < -0.3 is 47.4 Å². The highest BCUT2D eigenvalue weighted by molar-refractivity contribution is 5.91. The number of ether oxygens (including phenoxy) is 10. The standard InChI is InChI=1S/C38H56O18/c1-7-13-25(39)49-23-21-47-37(35(53-29(43)17-11-5)33(23)51-27(41)15-9-3)55-31(45)19-20-32(46)56-38-36(54-30(44)18-12-6)34(52-28(42)16-10-4)24(22-48-38)50-26(40)14-8-2/h19-20,23-24,33-38H,7-18,21-22H2,1-6H3/b20-19+/t23-,24-,33-,34-,35-,36-,37+,38+/m1/s1. The molecule has 2 rings (SSSR count). The maximum absolute atomic E-state index is 13.0. The summed E-state index contributed by atoms with van der Waals surface area (Å²) < 4.78 is 55.2. The zero-order valence-corrected chi connectivity index (χ0v) is 33.0. The lowest BCUT2D eigenvalue weighted by Gasteiger charge is -2.40. The first-order valence-corrected chi connectivity index (χ1v) is 19.3. The largest absolute Gasteiger partial charge is 0.456 e. The Morgan fingerprint density at radius 3 is 0.911 bits per heavy atom. The van der Waals surface area contributed by atoms with Crippen LogP contribution in [0.4, 0.5) is 0 Å². The van der Waals surface area contributed by atoms with Gasteiger partial charge in [0.25, 0.3) is 0 Å². The summed E-state index contributed by atoms with van der Waals surface area (Å²) in [6.07, 6.45) is -7.77. The number of rotatable bonds is 22. The van der Waals surface area contributed by atoms with Gasteiger partial charge in [0.1, 0.15) is 0 Å². The maximum Gasteiger partial charge on any atom is 0.333 e. The van der Waals surface area contributed by atoms with E-state index in [0.717, 1.165) is 0 Å². The minimum absolute atomic E-state index is 0.00609. The van der Waals surface area contributed by atoms with Crippen molar-refractivity contribution in [1.29, 1.82) is 0 Å². The highest BCUT2D eigenvalue weighted by Crippen LogP contribution is 2.28. The third kappa shape index (κ3) is 16.3. The molecule has 18 nitrogen and oxygen atoms in total. The van der Waals surface area contributed by atoms with E-state index in [1.165, 1.54) is 0 Å². The van der Waals surface area contributed by atoms with Gasteiger partial charge in [-0.1, -0.05) is 41.5 Å². The molecule has 0 saturated carbocycles. The number of hydrogen-bond donors (Lipinski definition) is 0. The number of hydrogen-bond acceptors (Lipinski definition) is 18. The Hall–Kier alpha value is -4.58. The van der Waals surface area contributed by atoms with Crippen LogP contribution in [0.15, 0.2) is 12.2 Å². The van der Waals surface area contributed by atoms with E-state index in [1.807, 2.05) is 0 Å². The second-order valence-corrected chi connectivity index (χ2v) is 13.0. The van der Waals surface area contributed by atoms with Gasteiger partial charge in [-0.15, -0.1) is 0 Å². The zero-order valence-electron chi connectivity index (χ0n) is 33.0. The zero-order chi connectivity index (χ0) is 41.6. The summed E-state index contributed by atoms with van der Waals surface area (Å²) in [6.45, 7) is 9.66. The fraction of sp³-hybridized carbons (Fsp3) is 0.737. The highest BCUT2D eigenvalue weighted by Gasteiger charge is 2.50. The third-order valence-corrected chi connectivity index (χ3v) is 7.95. The van der Waals surface area contributed by atoms with Crippen LogP contribution in [0, 0.1) is 0 Å². The quantitative estimate of drug-likeness (QED) is 0.0865. The molecule has 2 aliphatic heterocycles. The lowest BCUT2D eigenvalue weighted by Crippen LogP contribution is -2.58. The summed E-state index contributed by atoms with van der Waals surface area (Å²) in [5.41, 5.74) is 0. The molecule has 0 unspecified atom stereocenters. The Bertz CT molecular complexity index is 1260. The van der Waals surface area contributed by atoms with Gasteiger partial charge in [0, 0.05) is 50.7 Å². The molecule has 2 fully saturated rings. The second kappa shape index (κ2) is 25.6. The van der Waals surface area contributed by atoms with Crippen LogP contribution in [0.1, 0.15) is 119 Å². The molecule has 0 aromatic rings. The fourth-order valence-electron chi connectivity index (χ4n) is 5.39. The van der Waals surface area contributed by atoms with Gasteiger partial charge in [-0.05, 0) is 38.5 Å². The highest BCUT2D eigenvalue weighted by atomic mass is 16.7. The van der Waals surface area contributed by atoms with Crippen LogP contribution in [0.25, 0.3) is 0 Å². The lowest BCUT2D eigenvalue weighted by molar-refractivity contribution is -0.274. The van der Waals surface area contributed by atoms with Gasteiger partial charge in [-0.3, -0.25) is 28.8 Å². The minimum Gasteiger partial charge on any atom is -0.456 e. The van der Waals surface area contributed by atoms with Gasteiger partial charge in [-0.2, -0.15) is 0 Å². The van der Waals surface area contributed by atoms with Crippen LogP contribution < -0.4 is 0 Å². The molecule has 2 aliphatic rings. The summed E-state index contributed by atoms with van der Waals surface area (Å²) >= 11 is 0. The van der Waals surface area contributed by atoms with E-state index in [0.29, 0.717) is 50.7 Å². The van der Waals surface area contributed by atoms with Crippen LogP contribution in [-0.4, -0.2) is 110 Å². The molecule has 56 heavy (non-hydrogen) atoms. The van der Waals surface area contributed by atoms with Crippen LogP contribution in [0.3, 0.4) is 0 Å². The second-order valence-electron chi connectivity index (χ2n) is 13.0. The molecule has 8 atom stereocenters. The minimum atomic E-state index is -1.67. The average molecular weight is 801 g/mol. The van der Waals surface area contributed by atoms with Crippen molar-refractivity contribution in [1.82, 2.24) is 0 Å². The molecule has 2 saturated heterocycles. The summed E-state index contributed by atoms with van der Waals surface area (Å²) in [7, 11) is 0. The van der Waals surface area contributed by atoms with Crippen LogP contribution in [0.5, 0.6) is 0 Å². The van der Waals surface area contributed by atoms with Crippen molar-refractivity contribution < 1.29 is 85.7 Å². The topological polar surface area (TPSA) is 229 Å². The normalized spacial score (nSPS) is 24.6. The van der Waals surface area contributed by atoms with Gasteiger partial charge in [-0.25, -0.2) is 9.59 Å². The van der Waals surface area contributed by atoms with Crippen LogP contribution >= 0.6 is 0 Å². The van der Waals surface area contributed by atoms with E-state index < -0.39 is 110 Å². The SMILES string of the molecule is CCCC(=O)O[C@H]1[C@H](OC(=O)/C=C/C(=O)O[C@@H]2OC[C@@H](OC(=O)CCC)[C@@H](OC(=O)CCC)[C@H]2OC(=O)CCC)OC[C@@H](OC(=O)CCC)[C@H]1OC(=O)CCC. The lowest BCUT2D eigenvalue weighted by atomic mass is 10.0. The Balaban J connectivity index is 2.31. The molecule has 0 N–H and O–H groups in total. The Morgan fingerprint density at radius 1 is 0.393 bits per heavy atom. The molecular formula is C38H56O18. The summed E-state index contributed by atoms with van der Waals surface area (Å²) in [5.74, 6) is -6.44. The van der Waals surface area contributed by atoms with E-state index in [2.05, 4.69) is 0 Å². The van der Waals surface area contributed by atoms with Crippen molar-refractivity contribution in [3.05, 3.63) is 12.2 Å². The smallest absolute Gasteiger partial charge is 0.333 e. The predicted molar refractivity (Wildman–Crippen MR) is 190 cm³/mol. The maximum atomic E-state index is 13.0. The first kappa shape index (κ1) is 47.6. The Labute approximate surface area is 326 Å². The molecule has 0 amide bonds. The fourth-order valence-corrected chi connectivity index (χ4v) is 5.39. The van der Waals surface area contributed by atoms with Crippen molar-refractivity contribution in [3.8, 4) is 0 Å². The molecule has 0 bridgehead atoms. The predicted octanol–water partition coefficient (Wildman–Crippen LogP) is 3.61. The van der Waals surface area contributed by atoms with Crippen molar-refractivity contribution in [2.75, 3.05) is 13.2 Å². The van der Waals surface area contributed by atoms with E-state index in [1.54, 1.807) is 41.5 Å². The van der Waals surface area contributed by atoms with Crippen molar-refractivity contribution in [3.63, 3.8) is 0 Å². The molecule has 2 heterocycles. The van der Waals surface area contributed by atoms with Crippen LogP contribution in [-0.2, 0) is 85.7 Å². The summed E-state index contributed by atoms with van der Waals surface area (Å²) in [6, 6.07) is 0. The van der Waals surface area contributed by atoms with Gasteiger partial charge in [0.15, 0.2) is 24.4 Å².